The zero-order valence-corrected chi connectivity index (χ0v) is 10.4. The molecule has 2 aromatic heterocycles. The minimum absolute atomic E-state index is 0.283. The number of hydrogen-bond acceptors (Lipinski definition) is 3. The summed E-state index contributed by atoms with van der Waals surface area (Å²) in [5.41, 5.74) is 8.19. The van der Waals surface area contributed by atoms with Crippen molar-refractivity contribution in [3.63, 3.8) is 0 Å². The van der Waals surface area contributed by atoms with Crippen molar-refractivity contribution in [3.05, 3.63) is 36.5 Å². The summed E-state index contributed by atoms with van der Waals surface area (Å²) in [6, 6.07) is 10.1. The van der Waals surface area contributed by atoms with Crippen molar-refractivity contribution in [1.82, 2.24) is 9.78 Å². The number of nitrogens with two attached hydrogens (primary N) is 1. The fourth-order valence-corrected chi connectivity index (χ4v) is 1.96. The summed E-state index contributed by atoms with van der Waals surface area (Å²) in [5, 5.41) is 5.53. The predicted octanol–water partition coefficient (Wildman–Crippen LogP) is 3.46. The summed E-state index contributed by atoms with van der Waals surface area (Å²) < 4.78 is 7.62. The number of fused-ring (bicyclic) bond motifs is 1. The zero-order chi connectivity index (χ0) is 12.7. The molecule has 0 saturated heterocycles. The van der Waals surface area contributed by atoms with E-state index in [4.69, 9.17) is 10.2 Å². The maximum atomic E-state index is 5.99. The minimum Gasteiger partial charge on any atom is -0.454 e. The highest BCUT2D eigenvalue weighted by Crippen LogP contribution is 2.30. The number of furan rings is 1. The standard InChI is InChI=1S/C14H15N3O/c1-9(2)17-8-11(15)14(16-17)13-7-10-5-3-4-6-12(10)18-13/h3-9H,15H2,1-2H3. The Labute approximate surface area is 105 Å². The van der Waals surface area contributed by atoms with Crippen LogP contribution in [0.2, 0.25) is 0 Å². The molecule has 4 nitrogen and oxygen atoms in total. The Balaban J connectivity index is 2.13. The van der Waals surface area contributed by atoms with Crippen LogP contribution in [0.5, 0.6) is 0 Å². The second kappa shape index (κ2) is 3.91. The number of anilines is 1. The zero-order valence-electron chi connectivity index (χ0n) is 10.4. The van der Waals surface area contributed by atoms with Crippen LogP contribution in [0, 0.1) is 0 Å². The van der Waals surface area contributed by atoms with Crippen molar-refractivity contribution in [2.45, 2.75) is 19.9 Å². The van der Waals surface area contributed by atoms with Gasteiger partial charge in [0.1, 0.15) is 5.58 Å². The molecule has 2 heterocycles. The summed E-state index contributed by atoms with van der Waals surface area (Å²) in [5.74, 6) is 0.716. The van der Waals surface area contributed by atoms with Crippen LogP contribution in [0.15, 0.2) is 40.9 Å². The van der Waals surface area contributed by atoms with Gasteiger partial charge in [0.25, 0.3) is 0 Å². The lowest BCUT2D eigenvalue weighted by Crippen LogP contribution is -2.00. The van der Waals surface area contributed by atoms with Gasteiger partial charge in [-0.2, -0.15) is 5.10 Å². The molecule has 3 aromatic rings. The quantitative estimate of drug-likeness (QED) is 0.747. The lowest BCUT2D eigenvalue weighted by molar-refractivity contribution is 0.531. The Morgan fingerprint density at radius 2 is 2.06 bits per heavy atom. The average molecular weight is 241 g/mol. The van der Waals surface area contributed by atoms with Gasteiger partial charge in [0.05, 0.1) is 5.69 Å². The van der Waals surface area contributed by atoms with Gasteiger partial charge < -0.3 is 10.2 Å². The fraction of sp³-hybridized carbons (Fsp3) is 0.214. The number of hydrogen-bond donors (Lipinski definition) is 1. The van der Waals surface area contributed by atoms with E-state index >= 15 is 0 Å². The van der Waals surface area contributed by atoms with Gasteiger partial charge in [-0.15, -0.1) is 0 Å². The Morgan fingerprint density at radius 3 is 2.72 bits per heavy atom. The summed E-state index contributed by atoms with van der Waals surface area (Å²) in [6.45, 7) is 4.13. The Bertz CT molecular complexity index is 661. The first-order valence-electron chi connectivity index (χ1n) is 5.99. The van der Waals surface area contributed by atoms with E-state index in [2.05, 4.69) is 18.9 Å². The lowest BCUT2D eigenvalue weighted by Gasteiger charge is -2.02. The van der Waals surface area contributed by atoms with E-state index < -0.39 is 0 Å². The third kappa shape index (κ3) is 1.66. The highest BCUT2D eigenvalue weighted by Gasteiger charge is 2.14. The van der Waals surface area contributed by atoms with E-state index in [-0.39, 0.29) is 6.04 Å². The van der Waals surface area contributed by atoms with E-state index in [0.717, 1.165) is 11.0 Å². The van der Waals surface area contributed by atoms with Crippen molar-refractivity contribution in [3.8, 4) is 11.5 Å². The number of para-hydroxylation sites is 1. The predicted molar refractivity (Wildman–Crippen MR) is 72.2 cm³/mol. The molecule has 2 N–H and O–H groups in total. The third-order valence-corrected chi connectivity index (χ3v) is 2.95. The van der Waals surface area contributed by atoms with Crippen molar-refractivity contribution in [2.24, 2.45) is 0 Å². The van der Waals surface area contributed by atoms with Gasteiger partial charge in [0.2, 0.25) is 0 Å². The van der Waals surface area contributed by atoms with Gasteiger partial charge >= 0.3 is 0 Å². The molecular weight excluding hydrogens is 226 g/mol. The van der Waals surface area contributed by atoms with E-state index in [1.807, 2.05) is 41.2 Å². The normalized spacial score (nSPS) is 11.5. The number of nitrogen functional groups attached to an aromatic ring is 1. The molecule has 0 aliphatic heterocycles. The molecular formula is C14H15N3O. The maximum absolute atomic E-state index is 5.99. The molecule has 0 amide bonds. The largest absolute Gasteiger partial charge is 0.454 e. The van der Waals surface area contributed by atoms with Crippen LogP contribution in [0.25, 0.3) is 22.4 Å². The van der Waals surface area contributed by atoms with Crippen molar-refractivity contribution in [2.75, 3.05) is 5.73 Å². The molecule has 0 spiro atoms. The first-order valence-corrected chi connectivity index (χ1v) is 5.99. The second-order valence-electron chi connectivity index (χ2n) is 4.66. The molecule has 18 heavy (non-hydrogen) atoms. The third-order valence-electron chi connectivity index (χ3n) is 2.95. The summed E-state index contributed by atoms with van der Waals surface area (Å²) in [7, 11) is 0. The van der Waals surface area contributed by atoms with Crippen LogP contribution in [0.3, 0.4) is 0 Å². The van der Waals surface area contributed by atoms with Crippen LogP contribution < -0.4 is 5.73 Å². The van der Waals surface area contributed by atoms with E-state index in [0.29, 0.717) is 17.1 Å². The SMILES string of the molecule is CC(C)n1cc(N)c(-c2cc3ccccc3o2)n1. The number of rotatable bonds is 2. The van der Waals surface area contributed by atoms with Crippen LogP contribution in [0.4, 0.5) is 5.69 Å². The smallest absolute Gasteiger partial charge is 0.157 e. The van der Waals surface area contributed by atoms with Crippen LogP contribution in [0.1, 0.15) is 19.9 Å². The summed E-state index contributed by atoms with van der Waals surface area (Å²) in [4.78, 5) is 0. The lowest BCUT2D eigenvalue weighted by atomic mass is 10.2. The molecule has 0 bridgehead atoms. The molecule has 0 radical (unpaired) electrons. The highest BCUT2D eigenvalue weighted by atomic mass is 16.3. The first-order chi connectivity index (χ1) is 8.65. The molecule has 3 rings (SSSR count). The number of nitrogens with zero attached hydrogens (tertiary/aromatic N) is 2. The Kier molecular flexibility index (Phi) is 2.37. The van der Waals surface area contributed by atoms with Gasteiger partial charge in [0.15, 0.2) is 11.5 Å². The van der Waals surface area contributed by atoms with Crippen LogP contribution >= 0.6 is 0 Å². The van der Waals surface area contributed by atoms with E-state index in [1.54, 1.807) is 0 Å². The van der Waals surface area contributed by atoms with Crippen molar-refractivity contribution >= 4 is 16.7 Å². The molecule has 0 fully saturated rings. The fourth-order valence-electron chi connectivity index (χ4n) is 1.96. The van der Waals surface area contributed by atoms with Crippen molar-refractivity contribution in [1.29, 1.82) is 0 Å². The second-order valence-corrected chi connectivity index (χ2v) is 4.66. The Hall–Kier alpha value is -2.23. The molecule has 0 atom stereocenters. The van der Waals surface area contributed by atoms with Gasteiger partial charge in [-0.1, -0.05) is 18.2 Å². The van der Waals surface area contributed by atoms with Gasteiger partial charge in [0, 0.05) is 17.6 Å². The van der Waals surface area contributed by atoms with Gasteiger partial charge in [-0.3, -0.25) is 4.68 Å². The summed E-state index contributed by atoms with van der Waals surface area (Å²) >= 11 is 0. The molecule has 0 aliphatic carbocycles. The minimum atomic E-state index is 0.283. The van der Waals surface area contributed by atoms with Crippen LogP contribution in [-0.2, 0) is 0 Å². The maximum Gasteiger partial charge on any atom is 0.157 e. The first kappa shape index (κ1) is 10.9. The van der Waals surface area contributed by atoms with Crippen molar-refractivity contribution < 1.29 is 4.42 Å². The average Bonchev–Trinajstić information content (AvgIpc) is 2.91. The van der Waals surface area contributed by atoms with Crippen LogP contribution in [-0.4, -0.2) is 9.78 Å². The van der Waals surface area contributed by atoms with E-state index in [1.165, 1.54) is 0 Å². The molecule has 0 aliphatic rings. The number of benzene rings is 1. The topological polar surface area (TPSA) is 57.0 Å². The monoisotopic (exact) mass is 241 g/mol. The summed E-state index contributed by atoms with van der Waals surface area (Å²) in [6.07, 6.45) is 1.84. The van der Waals surface area contributed by atoms with E-state index in [9.17, 15) is 0 Å². The van der Waals surface area contributed by atoms with Gasteiger partial charge in [-0.25, -0.2) is 0 Å². The molecule has 4 heteroatoms. The molecule has 0 unspecified atom stereocenters. The number of aromatic nitrogens is 2. The molecule has 0 saturated carbocycles. The highest BCUT2D eigenvalue weighted by molar-refractivity contribution is 5.84. The molecule has 92 valence electrons. The Morgan fingerprint density at radius 1 is 1.28 bits per heavy atom. The van der Waals surface area contributed by atoms with Gasteiger partial charge in [-0.05, 0) is 26.0 Å². The molecule has 1 aromatic carbocycles.